The fraction of sp³-hybridized carbons (Fsp3) is 0.115. The number of carbonyl (C=O) groups is 2. The van der Waals surface area contributed by atoms with E-state index in [2.05, 4.69) is 5.32 Å². The minimum atomic E-state index is -0.566. The fourth-order valence-corrected chi connectivity index (χ4v) is 3.08. The maximum Gasteiger partial charge on any atom is 0.338 e. The lowest BCUT2D eigenvalue weighted by atomic mass is 10.1. The summed E-state index contributed by atoms with van der Waals surface area (Å²) in [7, 11) is 0. The van der Waals surface area contributed by atoms with Gasteiger partial charge in [0.2, 0.25) is 0 Å². The highest BCUT2D eigenvalue weighted by atomic mass is 35.5. The van der Waals surface area contributed by atoms with E-state index in [0.717, 1.165) is 5.56 Å². The summed E-state index contributed by atoms with van der Waals surface area (Å²) < 4.78 is 10.7. The average Bonchev–Trinajstić information content (AvgIpc) is 2.83. The van der Waals surface area contributed by atoms with Crippen LogP contribution in [0.2, 0.25) is 5.02 Å². The summed E-state index contributed by atoms with van der Waals surface area (Å²) in [6, 6.07) is 22.6. The molecule has 3 aromatic carbocycles. The summed E-state index contributed by atoms with van der Waals surface area (Å²) in [5, 5.41) is 12.7. The van der Waals surface area contributed by atoms with Crippen molar-refractivity contribution in [1.82, 2.24) is 0 Å². The van der Waals surface area contributed by atoms with Crippen LogP contribution < -0.4 is 10.1 Å². The predicted octanol–water partition coefficient (Wildman–Crippen LogP) is 5.64. The molecule has 7 heteroatoms. The van der Waals surface area contributed by atoms with Crippen molar-refractivity contribution >= 4 is 35.2 Å². The Kier molecular flexibility index (Phi) is 8.23. The largest absolute Gasteiger partial charge is 0.489 e. The number of benzene rings is 3. The van der Waals surface area contributed by atoms with E-state index in [1.165, 1.54) is 6.08 Å². The van der Waals surface area contributed by atoms with Gasteiger partial charge < -0.3 is 14.8 Å². The van der Waals surface area contributed by atoms with E-state index in [4.69, 9.17) is 21.1 Å². The molecule has 0 bridgehead atoms. The van der Waals surface area contributed by atoms with Crippen molar-refractivity contribution in [3.63, 3.8) is 0 Å². The Labute approximate surface area is 197 Å². The summed E-state index contributed by atoms with van der Waals surface area (Å²) in [5.41, 5.74) is 2.24. The van der Waals surface area contributed by atoms with Gasteiger partial charge in [-0.1, -0.05) is 41.9 Å². The maximum atomic E-state index is 12.6. The molecule has 0 aromatic heterocycles. The standard InChI is InChI=1S/C26H21ClN2O4/c1-2-32-26(31)19-10-12-22(13-11-19)29-25(30)21(16-28)14-18-6-5-8-23(15-18)33-17-20-7-3-4-9-24(20)27/h3-15H,2,17H2,1H3,(H,29,30)/b21-14+. The quantitative estimate of drug-likeness (QED) is 0.267. The van der Waals surface area contributed by atoms with E-state index in [-0.39, 0.29) is 12.2 Å². The first-order valence-electron chi connectivity index (χ1n) is 10.2. The topological polar surface area (TPSA) is 88.4 Å². The molecule has 0 fully saturated rings. The van der Waals surface area contributed by atoms with Gasteiger partial charge in [0.05, 0.1) is 12.2 Å². The number of amides is 1. The summed E-state index contributed by atoms with van der Waals surface area (Å²) >= 11 is 6.16. The molecule has 0 aliphatic heterocycles. The molecule has 0 heterocycles. The van der Waals surface area contributed by atoms with Crippen LogP contribution in [0.4, 0.5) is 5.69 Å². The molecule has 1 N–H and O–H groups in total. The zero-order valence-electron chi connectivity index (χ0n) is 17.9. The number of hydrogen-bond acceptors (Lipinski definition) is 5. The van der Waals surface area contributed by atoms with Crippen LogP contribution >= 0.6 is 11.6 Å². The monoisotopic (exact) mass is 460 g/mol. The molecule has 6 nitrogen and oxygen atoms in total. The third-order valence-corrected chi connectivity index (χ3v) is 4.91. The third kappa shape index (κ3) is 6.70. The van der Waals surface area contributed by atoms with Crippen molar-refractivity contribution in [3.05, 3.63) is 100 Å². The Morgan fingerprint density at radius 2 is 1.82 bits per heavy atom. The number of esters is 1. The van der Waals surface area contributed by atoms with E-state index in [9.17, 15) is 14.9 Å². The molecule has 3 rings (SSSR count). The normalized spacial score (nSPS) is 10.8. The van der Waals surface area contributed by atoms with Gasteiger partial charge in [0.25, 0.3) is 5.91 Å². The van der Waals surface area contributed by atoms with E-state index >= 15 is 0 Å². The van der Waals surface area contributed by atoms with Gasteiger partial charge in [-0.25, -0.2) is 4.79 Å². The van der Waals surface area contributed by atoms with Crippen LogP contribution in [0.1, 0.15) is 28.4 Å². The molecule has 0 aliphatic rings. The van der Waals surface area contributed by atoms with Gasteiger partial charge in [-0.15, -0.1) is 0 Å². The first kappa shape index (κ1) is 23.6. The minimum absolute atomic E-state index is 0.0762. The third-order valence-electron chi connectivity index (χ3n) is 4.54. The number of nitriles is 1. The molecule has 3 aromatic rings. The lowest BCUT2D eigenvalue weighted by Gasteiger charge is -2.09. The molecule has 0 unspecified atom stereocenters. The van der Waals surface area contributed by atoms with Gasteiger partial charge in [0.15, 0.2) is 0 Å². The molecule has 0 radical (unpaired) electrons. The Bertz CT molecular complexity index is 1210. The second kappa shape index (κ2) is 11.5. The summed E-state index contributed by atoms with van der Waals surface area (Å²) in [6.07, 6.45) is 1.48. The van der Waals surface area contributed by atoms with Crippen LogP contribution in [-0.4, -0.2) is 18.5 Å². The number of nitrogens with one attached hydrogen (secondary N) is 1. The van der Waals surface area contributed by atoms with Crippen LogP contribution in [0, 0.1) is 11.3 Å². The zero-order valence-corrected chi connectivity index (χ0v) is 18.6. The van der Waals surface area contributed by atoms with E-state index < -0.39 is 11.9 Å². The zero-order chi connectivity index (χ0) is 23.6. The Morgan fingerprint density at radius 3 is 2.52 bits per heavy atom. The summed E-state index contributed by atoms with van der Waals surface area (Å²) in [4.78, 5) is 24.3. The van der Waals surface area contributed by atoms with Crippen molar-refractivity contribution in [3.8, 4) is 11.8 Å². The van der Waals surface area contributed by atoms with Crippen LogP contribution in [0.15, 0.2) is 78.4 Å². The average molecular weight is 461 g/mol. The SMILES string of the molecule is CCOC(=O)c1ccc(NC(=O)/C(C#N)=C/c2cccc(OCc3ccccc3Cl)c2)cc1. The number of nitrogens with zero attached hydrogens (tertiary/aromatic N) is 1. The molecule has 166 valence electrons. The molecule has 0 aliphatic carbocycles. The van der Waals surface area contributed by atoms with Crippen molar-refractivity contribution in [1.29, 1.82) is 5.26 Å². The molecular formula is C26H21ClN2O4. The van der Waals surface area contributed by atoms with Gasteiger partial charge >= 0.3 is 5.97 Å². The molecule has 33 heavy (non-hydrogen) atoms. The van der Waals surface area contributed by atoms with Gasteiger partial charge in [0, 0.05) is 16.3 Å². The van der Waals surface area contributed by atoms with Crippen molar-refractivity contribution < 1.29 is 19.1 Å². The highest BCUT2D eigenvalue weighted by Crippen LogP contribution is 2.21. The minimum Gasteiger partial charge on any atom is -0.489 e. The molecule has 0 saturated carbocycles. The van der Waals surface area contributed by atoms with Crippen LogP contribution in [0.25, 0.3) is 6.08 Å². The van der Waals surface area contributed by atoms with Gasteiger partial charge in [0.1, 0.15) is 24.0 Å². The number of ether oxygens (including phenoxy) is 2. The number of hydrogen-bond donors (Lipinski definition) is 1. The summed E-state index contributed by atoms with van der Waals surface area (Å²) in [6.45, 7) is 2.29. The maximum absolute atomic E-state index is 12.6. The predicted molar refractivity (Wildman–Crippen MR) is 127 cm³/mol. The first-order chi connectivity index (χ1) is 16.0. The van der Waals surface area contributed by atoms with Crippen LogP contribution in [0.5, 0.6) is 5.75 Å². The van der Waals surface area contributed by atoms with E-state index in [1.807, 2.05) is 24.3 Å². The highest BCUT2D eigenvalue weighted by Gasteiger charge is 2.11. The first-order valence-corrected chi connectivity index (χ1v) is 10.5. The van der Waals surface area contributed by atoms with Crippen molar-refractivity contribution in [2.75, 3.05) is 11.9 Å². The van der Waals surface area contributed by atoms with Gasteiger partial charge in [-0.05, 0) is 61.0 Å². The second-order valence-corrected chi connectivity index (χ2v) is 7.28. The van der Waals surface area contributed by atoms with Gasteiger partial charge in [-0.2, -0.15) is 5.26 Å². The lowest BCUT2D eigenvalue weighted by Crippen LogP contribution is -2.13. The number of halogens is 1. The molecule has 0 saturated heterocycles. The molecule has 0 spiro atoms. The highest BCUT2D eigenvalue weighted by molar-refractivity contribution is 6.31. The fourth-order valence-electron chi connectivity index (χ4n) is 2.89. The Hall–Kier alpha value is -4.08. The Morgan fingerprint density at radius 1 is 1.06 bits per heavy atom. The van der Waals surface area contributed by atoms with E-state index in [0.29, 0.717) is 34.2 Å². The smallest absolute Gasteiger partial charge is 0.338 e. The van der Waals surface area contributed by atoms with Crippen molar-refractivity contribution in [2.24, 2.45) is 0 Å². The van der Waals surface area contributed by atoms with Crippen molar-refractivity contribution in [2.45, 2.75) is 13.5 Å². The molecule has 0 atom stereocenters. The second-order valence-electron chi connectivity index (χ2n) is 6.87. The summed E-state index contributed by atoms with van der Waals surface area (Å²) in [5.74, 6) is -0.427. The Balaban J connectivity index is 1.68. The number of anilines is 1. The van der Waals surface area contributed by atoms with Crippen LogP contribution in [0.3, 0.4) is 0 Å². The molecular weight excluding hydrogens is 440 g/mol. The van der Waals surface area contributed by atoms with Gasteiger partial charge in [-0.3, -0.25) is 4.79 Å². The number of carbonyl (C=O) groups excluding carboxylic acids is 2. The number of rotatable bonds is 8. The molecule has 1 amide bonds. The lowest BCUT2D eigenvalue weighted by molar-refractivity contribution is -0.112. The van der Waals surface area contributed by atoms with E-state index in [1.54, 1.807) is 61.5 Å². The van der Waals surface area contributed by atoms with Crippen LogP contribution in [-0.2, 0) is 16.1 Å².